The molecule has 0 saturated heterocycles. The lowest BCUT2D eigenvalue weighted by molar-refractivity contribution is 0.0488. The van der Waals surface area contributed by atoms with Crippen LogP contribution in [0.25, 0.3) is 10.8 Å². The third-order valence-electron chi connectivity index (χ3n) is 4.72. The number of benzene rings is 4. The molecule has 0 aromatic heterocycles. The fourth-order valence-electron chi connectivity index (χ4n) is 3.33. The van der Waals surface area contributed by atoms with Crippen LogP contribution >= 0.6 is 0 Å². The summed E-state index contributed by atoms with van der Waals surface area (Å²) in [5, 5.41) is 13.6. The smallest absolute Gasteiger partial charge is 0.203 e. The fraction of sp³-hybridized carbons (Fsp3) is 0.0417. The Labute approximate surface area is 152 Å². The first-order valence-electron chi connectivity index (χ1n) is 8.56. The third kappa shape index (κ3) is 2.71. The van der Waals surface area contributed by atoms with Crippen LogP contribution in [0.4, 0.5) is 0 Å². The topological polar surface area (TPSA) is 37.3 Å². The van der Waals surface area contributed by atoms with Crippen LogP contribution in [0.15, 0.2) is 103 Å². The van der Waals surface area contributed by atoms with Crippen LogP contribution in [0.5, 0.6) is 0 Å². The predicted molar refractivity (Wildman–Crippen MR) is 104 cm³/mol. The van der Waals surface area contributed by atoms with Gasteiger partial charge in [0.05, 0.1) is 0 Å². The van der Waals surface area contributed by atoms with E-state index < -0.39 is 5.60 Å². The molecule has 0 aliphatic carbocycles. The Bertz CT molecular complexity index is 1010. The Morgan fingerprint density at radius 2 is 1.12 bits per heavy atom. The molecule has 0 aliphatic heterocycles. The molecule has 2 nitrogen and oxygen atoms in total. The second-order valence-corrected chi connectivity index (χ2v) is 6.33. The molecule has 0 spiro atoms. The van der Waals surface area contributed by atoms with Gasteiger partial charge in [-0.3, -0.25) is 4.79 Å². The minimum Gasteiger partial charge on any atom is -0.373 e. The van der Waals surface area contributed by atoms with Gasteiger partial charge in [-0.05, 0) is 28.0 Å². The molecule has 0 saturated carbocycles. The van der Waals surface area contributed by atoms with E-state index in [0.29, 0.717) is 16.7 Å². The summed E-state index contributed by atoms with van der Waals surface area (Å²) in [5.41, 5.74) is -0.127. The molecule has 4 aromatic carbocycles. The molecule has 2 heteroatoms. The average molecular weight is 338 g/mol. The standard InChI is InChI=1S/C24H18O2/c25-23(20-16-15-18-9-7-8-10-19(18)17-20)24(26,21-11-3-1-4-12-21)22-13-5-2-6-14-22/h1-17,26H. The van der Waals surface area contributed by atoms with Crippen LogP contribution in [-0.4, -0.2) is 10.9 Å². The van der Waals surface area contributed by atoms with Crippen molar-refractivity contribution >= 4 is 16.6 Å². The van der Waals surface area contributed by atoms with Gasteiger partial charge in [0.25, 0.3) is 0 Å². The SMILES string of the molecule is O=C(c1ccc2ccccc2c1)C(O)(c1ccccc1)c1ccccc1. The largest absolute Gasteiger partial charge is 0.373 e. The lowest BCUT2D eigenvalue weighted by Crippen LogP contribution is -2.37. The summed E-state index contributed by atoms with van der Waals surface area (Å²) in [6.07, 6.45) is 0. The van der Waals surface area contributed by atoms with Crippen molar-refractivity contribution in [1.29, 1.82) is 0 Å². The second-order valence-electron chi connectivity index (χ2n) is 6.33. The minimum absolute atomic E-state index is 0.333. The monoisotopic (exact) mass is 338 g/mol. The van der Waals surface area contributed by atoms with Crippen LogP contribution in [0.3, 0.4) is 0 Å². The number of hydrogen-bond donors (Lipinski definition) is 1. The molecule has 0 unspecified atom stereocenters. The van der Waals surface area contributed by atoms with E-state index >= 15 is 0 Å². The van der Waals surface area contributed by atoms with E-state index in [1.807, 2.05) is 72.8 Å². The predicted octanol–water partition coefficient (Wildman–Crippen LogP) is 4.96. The van der Waals surface area contributed by atoms with Gasteiger partial charge < -0.3 is 5.11 Å². The number of fused-ring (bicyclic) bond motifs is 1. The summed E-state index contributed by atoms with van der Waals surface area (Å²) in [6, 6.07) is 31.6. The number of aliphatic hydroxyl groups is 1. The minimum atomic E-state index is -1.73. The van der Waals surface area contributed by atoms with E-state index in [9.17, 15) is 9.90 Å². The van der Waals surface area contributed by atoms with Crippen molar-refractivity contribution in [1.82, 2.24) is 0 Å². The molecule has 0 heterocycles. The maximum absolute atomic E-state index is 13.5. The zero-order valence-corrected chi connectivity index (χ0v) is 14.2. The van der Waals surface area contributed by atoms with E-state index in [-0.39, 0.29) is 5.78 Å². The third-order valence-corrected chi connectivity index (χ3v) is 4.72. The summed E-state index contributed by atoms with van der Waals surface area (Å²) >= 11 is 0. The van der Waals surface area contributed by atoms with Crippen molar-refractivity contribution in [3.05, 3.63) is 120 Å². The molecule has 0 aliphatic rings. The van der Waals surface area contributed by atoms with Gasteiger partial charge in [-0.15, -0.1) is 0 Å². The highest BCUT2D eigenvalue weighted by atomic mass is 16.3. The number of hydrogen-bond acceptors (Lipinski definition) is 2. The van der Waals surface area contributed by atoms with Crippen LogP contribution < -0.4 is 0 Å². The van der Waals surface area contributed by atoms with Crippen molar-refractivity contribution in [2.24, 2.45) is 0 Å². The molecule has 0 amide bonds. The Hall–Kier alpha value is -3.23. The lowest BCUT2D eigenvalue weighted by atomic mass is 9.80. The molecule has 126 valence electrons. The Morgan fingerprint density at radius 1 is 0.615 bits per heavy atom. The summed E-state index contributed by atoms with van der Waals surface area (Å²) in [4.78, 5) is 13.5. The summed E-state index contributed by atoms with van der Waals surface area (Å²) in [6.45, 7) is 0. The summed E-state index contributed by atoms with van der Waals surface area (Å²) < 4.78 is 0. The first-order valence-corrected chi connectivity index (χ1v) is 8.56. The molecular formula is C24H18O2. The number of ketones is 1. The summed E-state index contributed by atoms with van der Waals surface area (Å²) in [5.74, 6) is -0.333. The molecule has 26 heavy (non-hydrogen) atoms. The van der Waals surface area contributed by atoms with E-state index in [0.717, 1.165) is 10.8 Å². The molecule has 0 bridgehead atoms. The Balaban J connectivity index is 1.89. The molecule has 4 rings (SSSR count). The zero-order chi connectivity index (χ0) is 18.0. The van der Waals surface area contributed by atoms with E-state index in [4.69, 9.17) is 0 Å². The van der Waals surface area contributed by atoms with Gasteiger partial charge >= 0.3 is 0 Å². The van der Waals surface area contributed by atoms with Crippen LogP contribution in [0.2, 0.25) is 0 Å². The number of rotatable bonds is 4. The van der Waals surface area contributed by atoms with Gasteiger partial charge in [0.2, 0.25) is 5.78 Å². The maximum atomic E-state index is 13.5. The fourth-order valence-corrected chi connectivity index (χ4v) is 3.33. The van der Waals surface area contributed by atoms with Gasteiger partial charge in [-0.2, -0.15) is 0 Å². The molecule has 0 fully saturated rings. The zero-order valence-electron chi connectivity index (χ0n) is 14.2. The van der Waals surface area contributed by atoms with E-state index in [2.05, 4.69) is 0 Å². The number of Topliss-reactive ketones (excluding diaryl/α,β-unsaturated/α-hetero) is 1. The molecule has 0 atom stereocenters. The molecule has 0 radical (unpaired) electrons. The van der Waals surface area contributed by atoms with Crippen molar-refractivity contribution < 1.29 is 9.90 Å². The van der Waals surface area contributed by atoms with Gasteiger partial charge in [-0.1, -0.05) is 97.1 Å². The van der Waals surface area contributed by atoms with E-state index in [1.54, 1.807) is 30.3 Å². The number of carbonyl (C=O) groups is 1. The maximum Gasteiger partial charge on any atom is 0.203 e. The van der Waals surface area contributed by atoms with Crippen molar-refractivity contribution in [2.75, 3.05) is 0 Å². The Kier molecular flexibility index (Phi) is 4.11. The molecular weight excluding hydrogens is 320 g/mol. The summed E-state index contributed by atoms with van der Waals surface area (Å²) in [7, 11) is 0. The molecule has 4 aromatic rings. The number of carbonyl (C=O) groups excluding carboxylic acids is 1. The second kappa shape index (κ2) is 6.58. The van der Waals surface area contributed by atoms with Crippen molar-refractivity contribution in [2.45, 2.75) is 5.60 Å². The quantitative estimate of drug-likeness (QED) is 0.534. The van der Waals surface area contributed by atoms with E-state index in [1.165, 1.54) is 0 Å². The normalized spacial score (nSPS) is 11.4. The van der Waals surface area contributed by atoms with Gasteiger partial charge in [0.15, 0.2) is 5.60 Å². The van der Waals surface area contributed by atoms with Gasteiger partial charge in [0, 0.05) is 5.56 Å². The first kappa shape index (κ1) is 16.2. The highest BCUT2D eigenvalue weighted by Gasteiger charge is 2.40. The lowest BCUT2D eigenvalue weighted by Gasteiger charge is -2.28. The first-order chi connectivity index (χ1) is 12.7. The van der Waals surface area contributed by atoms with Crippen LogP contribution in [0, 0.1) is 0 Å². The Morgan fingerprint density at radius 3 is 1.69 bits per heavy atom. The van der Waals surface area contributed by atoms with Gasteiger partial charge in [0.1, 0.15) is 0 Å². The highest BCUT2D eigenvalue weighted by molar-refractivity contribution is 6.07. The van der Waals surface area contributed by atoms with Crippen LogP contribution in [-0.2, 0) is 5.60 Å². The highest BCUT2D eigenvalue weighted by Crippen LogP contribution is 2.33. The molecule has 1 N–H and O–H groups in total. The van der Waals surface area contributed by atoms with Crippen molar-refractivity contribution in [3.8, 4) is 0 Å². The van der Waals surface area contributed by atoms with Crippen molar-refractivity contribution in [3.63, 3.8) is 0 Å². The average Bonchev–Trinajstić information content (AvgIpc) is 2.73. The van der Waals surface area contributed by atoms with Gasteiger partial charge in [-0.25, -0.2) is 0 Å². The van der Waals surface area contributed by atoms with Crippen LogP contribution in [0.1, 0.15) is 21.5 Å².